The van der Waals surface area contributed by atoms with Crippen LogP contribution in [0.4, 0.5) is 0 Å². The van der Waals surface area contributed by atoms with E-state index in [-0.39, 0.29) is 43.7 Å². The van der Waals surface area contributed by atoms with Crippen LogP contribution in [0.15, 0.2) is 5.11 Å². The van der Waals surface area contributed by atoms with Crippen molar-refractivity contribution in [3.8, 4) is 0 Å². The topological polar surface area (TPSA) is 343 Å². The highest BCUT2D eigenvalue weighted by Crippen LogP contribution is 2.09. The Labute approximate surface area is 582 Å². The van der Waals surface area contributed by atoms with Crippen LogP contribution in [-0.2, 0) is 138 Å². The van der Waals surface area contributed by atoms with Gasteiger partial charge in [-0.3, -0.25) is 14.4 Å². The summed E-state index contributed by atoms with van der Waals surface area (Å²) < 4.78 is 143. The molecule has 0 fully saturated rings. The summed E-state index contributed by atoms with van der Waals surface area (Å²) in [4.78, 5) is 41.0. The maximum Gasteiger partial charge on any atom is 0.308 e. The van der Waals surface area contributed by atoms with Crippen molar-refractivity contribution >= 4 is 17.8 Å². The van der Waals surface area contributed by atoms with Crippen molar-refractivity contribution in [1.82, 2.24) is 4.90 Å². The number of hydrogen-bond acceptors (Lipinski definition) is 30. The largest absolute Gasteiger partial charge is 0.460 e. The molecule has 0 spiro atoms. The summed E-state index contributed by atoms with van der Waals surface area (Å²) in [6, 6.07) is 0. The molecule has 580 valence electrons. The molecule has 0 N–H and O–H groups in total. The van der Waals surface area contributed by atoms with Crippen molar-refractivity contribution < 1.29 is 138 Å². The lowest BCUT2D eigenvalue weighted by Crippen LogP contribution is -2.37. The minimum absolute atomic E-state index is 0.0854. The quantitative estimate of drug-likeness (QED) is 0.0277. The number of hydrogen-bond donors (Lipinski definition) is 0. The summed E-state index contributed by atoms with van der Waals surface area (Å²) in [5.41, 5.74) is 7.22. The molecule has 0 atom stereocenters. The summed E-state index contributed by atoms with van der Waals surface area (Å²) in [5, 5.41) is 3.39. The average Bonchev–Trinajstić information content (AvgIpc) is 2.23. The summed E-state index contributed by atoms with van der Waals surface area (Å²) in [7, 11) is 0. The van der Waals surface area contributed by atoms with Crippen LogP contribution in [0.25, 0.3) is 10.4 Å². The van der Waals surface area contributed by atoms with Crippen molar-refractivity contribution in [2.45, 2.75) is 72.0 Å². The molecule has 0 aliphatic carbocycles. The monoisotopic (exact) mass is 1430 g/mol. The number of amides is 1. The fourth-order valence-electron chi connectivity index (χ4n) is 7.20. The third-order valence-electron chi connectivity index (χ3n) is 11.8. The van der Waals surface area contributed by atoms with Crippen LogP contribution in [0, 0.1) is 0 Å². The number of carbonyl (C=O) groups is 3. The molecule has 1 amide bonds. The maximum absolute atomic E-state index is 13.3. The smallest absolute Gasteiger partial charge is 0.308 e. The lowest BCUT2D eigenvalue weighted by molar-refractivity contribution is -0.157. The van der Waals surface area contributed by atoms with Gasteiger partial charge in [-0.1, -0.05) is 5.11 Å². The van der Waals surface area contributed by atoms with E-state index < -0.39 is 11.2 Å². The Balaban J connectivity index is 4.13. The molecule has 33 heteroatoms. The molecular formula is C65H126N4O29. The minimum atomic E-state index is -0.501. The normalized spacial score (nSPS) is 11.8. The van der Waals surface area contributed by atoms with Gasteiger partial charge in [-0.05, 0) is 47.1 Å². The molecule has 0 saturated heterocycles. The van der Waals surface area contributed by atoms with E-state index in [9.17, 15) is 14.4 Å². The second-order valence-corrected chi connectivity index (χ2v) is 22.5. The summed E-state index contributed by atoms with van der Waals surface area (Å²) in [5.74, 6) is -0.652. The van der Waals surface area contributed by atoms with E-state index in [0.717, 1.165) is 0 Å². The van der Waals surface area contributed by atoms with Crippen molar-refractivity contribution in [3.63, 3.8) is 0 Å². The molecule has 0 aromatic rings. The predicted octanol–water partition coefficient (Wildman–Crippen LogP) is 3.38. The molecule has 0 aliphatic rings. The van der Waals surface area contributed by atoms with Gasteiger partial charge in [0.1, 0.15) is 11.2 Å². The van der Waals surface area contributed by atoms with E-state index in [2.05, 4.69) is 10.0 Å². The molecule has 0 aromatic heterocycles. The number of carbonyl (C=O) groups excluding carboxylic acids is 3. The Morgan fingerprint density at radius 1 is 0.255 bits per heavy atom. The van der Waals surface area contributed by atoms with Crippen LogP contribution >= 0.6 is 0 Å². The van der Waals surface area contributed by atoms with Gasteiger partial charge in [0.15, 0.2) is 0 Å². The standard InChI is InChI=1S/C65H126N4O29/c1-64(2,3)97-62(71)8-14-74-20-26-80-32-38-86-44-50-92-56-59-95-53-47-89-41-35-83-29-23-77-17-11-69(61(70)7-13-73-19-25-79-31-37-85-43-49-91-55-58-94-52-46-88-40-34-82-28-22-76-16-10-67-68-66)12-18-78-24-30-84-36-42-90-48-54-96-60-57-93-51-45-87-39-33-81-27-21-75-15-9-63(72)98-65(4,5)6/h7-60H2,1-6H3. The molecule has 33 nitrogen and oxygen atoms in total. The number of nitrogens with zero attached hydrogens (tertiary/aromatic N) is 4. The highest BCUT2D eigenvalue weighted by molar-refractivity contribution is 5.76. The molecule has 0 saturated carbocycles. The van der Waals surface area contributed by atoms with Gasteiger partial charge in [-0.15, -0.1) is 0 Å². The van der Waals surface area contributed by atoms with Crippen LogP contribution in [0.5, 0.6) is 0 Å². The summed E-state index contributed by atoms with van der Waals surface area (Å²) in [6.45, 7) is 31.4. The van der Waals surface area contributed by atoms with Crippen molar-refractivity contribution in [3.05, 3.63) is 10.4 Å². The minimum Gasteiger partial charge on any atom is -0.460 e. The first kappa shape index (κ1) is 94.8. The molecule has 0 aliphatic heterocycles. The van der Waals surface area contributed by atoms with Gasteiger partial charge in [0, 0.05) is 24.5 Å². The first-order chi connectivity index (χ1) is 47.8. The van der Waals surface area contributed by atoms with E-state index >= 15 is 0 Å². The lowest BCUT2D eigenvalue weighted by Gasteiger charge is -2.23. The van der Waals surface area contributed by atoms with Gasteiger partial charge in [-0.2, -0.15) is 0 Å². The zero-order valence-electron chi connectivity index (χ0n) is 60.3. The van der Waals surface area contributed by atoms with Gasteiger partial charge in [0.25, 0.3) is 0 Å². The van der Waals surface area contributed by atoms with E-state index in [4.69, 9.17) is 129 Å². The van der Waals surface area contributed by atoms with Crippen molar-refractivity contribution in [2.75, 3.05) is 337 Å². The Morgan fingerprint density at radius 3 is 0.602 bits per heavy atom. The zero-order valence-corrected chi connectivity index (χ0v) is 60.3. The summed E-state index contributed by atoms with van der Waals surface area (Å²) in [6.07, 6.45) is 0.600. The Kier molecular flexibility index (Phi) is 73.9. The van der Waals surface area contributed by atoms with Crippen LogP contribution in [0.2, 0.25) is 0 Å². The van der Waals surface area contributed by atoms with Crippen LogP contribution in [-0.4, -0.2) is 371 Å². The van der Waals surface area contributed by atoms with Crippen molar-refractivity contribution in [1.29, 1.82) is 0 Å². The SMILES string of the molecule is CC(C)(C)OC(=O)CCOCCOCCOCCOCCOCCOCCOCCOCCN(CCOCCOCCOCCOCCOCCOCCOCCOCCC(=O)OC(C)(C)C)C(=O)CCOCCOCCOCCOCCOCCOCCOCCOCCN=[N+]=[N-]. The van der Waals surface area contributed by atoms with E-state index in [1.165, 1.54) is 0 Å². The van der Waals surface area contributed by atoms with Crippen LogP contribution in [0.1, 0.15) is 60.8 Å². The van der Waals surface area contributed by atoms with Gasteiger partial charge in [0.05, 0.1) is 336 Å². The molecule has 0 aromatic carbocycles. The van der Waals surface area contributed by atoms with Gasteiger partial charge >= 0.3 is 11.9 Å². The Morgan fingerprint density at radius 2 is 0.418 bits per heavy atom. The number of azide groups is 1. The van der Waals surface area contributed by atoms with Gasteiger partial charge in [-0.25, -0.2) is 0 Å². The second kappa shape index (κ2) is 76.4. The van der Waals surface area contributed by atoms with Crippen LogP contribution < -0.4 is 0 Å². The second-order valence-electron chi connectivity index (χ2n) is 22.5. The third kappa shape index (κ3) is 81.7. The summed E-state index contributed by atoms with van der Waals surface area (Å²) >= 11 is 0. The van der Waals surface area contributed by atoms with E-state index in [1.54, 1.807) is 4.90 Å². The highest BCUT2D eigenvalue weighted by Gasteiger charge is 2.18. The zero-order chi connectivity index (χ0) is 71.3. The molecule has 0 unspecified atom stereocenters. The van der Waals surface area contributed by atoms with Crippen molar-refractivity contribution in [2.24, 2.45) is 5.11 Å². The molecule has 0 heterocycles. The first-order valence-corrected chi connectivity index (χ1v) is 34.4. The molecule has 98 heavy (non-hydrogen) atoms. The van der Waals surface area contributed by atoms with Gasteiger partial charge in [0.2, 0.25) is 5.91 Å². The average molecular weight is 1430 g/mol. The van der Waals surface area contributed by atoms with E-state index in [1.807, 2.05) is 41.5 Å². The van der Waals surface area contributed by atoms with Crippen LogP contribution in [0.3, 0.4) is 0 Å². The lowest BCUT2D eigenvalue weighted by atomic mass is 10.2. The fourth-order valence-corrected chi connectivity index (χ4v) is 7.20. The van der Waals surface area contributed by atoms with E-state index in [0.29, 0.717) is 330 Å². The molecular weight excluding hydrogens is 1300 g/mol. The highest BCUT2D eigenvalue weighted by atomic mass is 16.6. The number of rotatable bonds is 81. The third-order valence-corrected chi connectivity index (χ3v) is 11.8. The fraction of sp³-hybridized carbons (Fsp3) is 0.954. The maximum atomic E-state index is 13.3. The molecule has 0 bridgehead atoms. The Bertz CT molecular complexity index is 1660. The number of ether oxygens (including phenoxy) is 26. The Hall–Kier alpha value is -3.24. The molecule has 0 radical (unpaired) electrons. The number of esters is 2. The molecule has 0 rings (SSSR count). The first-order valence-electron chi connectivity index (χ1n) is 34.4. The predicted molar refractivity (Wildman–Crippen MR) is 356 cm³/mol. The van der Waals surface area contributed by atoms with Gasteiger partial charge < -0.3 is 128 Å².